The van der Waals surface area contributed by atoms with Crippen LogP contribution in [0.15, 0.2) is 60.8 Å². The number of carbonyl (C=O) groups is 1. The van der Waals surface area contributed by atoms with Gasteiger partial charge in [-0.15, -0.1) is 0 Å². The first-order chi connectivity index (χ1) is 12.7. The van der Waals surface area contributed by atoms with Gasteiger partial charge in [0.15, 0.2) is 0 Å². The fourth-order valence-electron chi connectivity index (χ4n) is 3.91. The minimum atomic E-state index is 0.0337. The normalized spacial score (nSPS) is 16.2. The lowest BCUT2D eigenvalue weighted by molar-refractivity contribution is 0.0714. The number of rotatable bonds is 3. The van der Waals surface area contributed by atoms with E-state index >= 15 is 0 Å². The zero-order valence-electron chi connectivity index (χ0n) is 15.2. The average molecular weight is 345 g/mol. The van der Waals surface area contributed by atoms with Gasteiger partial charge in [-0.2, -0.15) is 5.10 Å². The second-order valence-electron chi connectivity index (χ2n) is 6.91. The van der Waals surface area contributed by atoms with Crippen molar-refractivity contribution in [3.63, 3.8) is 0 Å². The molecule has 0 aliphatic heterocycles. The third-order valence-electron chi connectivity index (χ3n) is 5.37. The minimum Gasteiger partial charge on any atom is -0.335 e. The lowest BCUT2D eigenvalue weighted by atomic mass is 9.87. The number of hydrogen-bond acceptors (Lipinski definition) is 2. The predicted molar refractivity (Wildman–Crippen MR) is 103 cm³/mol. The number of fused-ring (bicyclic) bond motifs is 1. The molecule has 2 aromatic carbocycles. The summed E-state index contributed by atoms with van der Waals surface area (Å²) in [5.74, 6) is 0.0337. The van der Waals surface area contributed by atoms with Crippen molar-refractivity contribution in [3.8, 4) is 5.69 Å². The van der Waals surface area contributed by atoms with Crippen molar-refractivity contribution in [3.05, 3.63) is 83.2 Å². The molecule has 26 heavy (non-hydrogen) atoms. The Bertz CT molecular complexity index is 930. The highest BCUT2D eigenvalue weighted by Crippen LogP contribution is 2.34. The fraction of sp³-hybridized carbons (Fsp3) is 0.273. The van der Waals surface area contributed by atoms with Gasteiger partial charge in [-0.05, 0) is 49.4 Å². The van der Waals surface area contributed by atoms with Gasteiger partial charge < -0.3 is 4.90 Å². The predicted octanol–water partition coefficient (Wildman–Crippen LogP) is 4.33. The standard InChI is InChI=1S/C22H23N3O/c1-16-20(15-23-25(16)18-11-4-3-5-12-18)22(26)24(2)21-14-8-10-17-9-6-7-13-19(17)21/h3-7,9,11-13,15,21H,8,10,14H2,1-2H3. The largest absolute Gasteiger partial charge is 0.335 e. The average Bonchev–Trinajstić information content (AvgIpc) is 3.08. The molecule has 0 fully saturated rings. The molecule has 132 valence electrons. The van der Waals surface area contributed by atoms with E-state index in [1.54, 1.807) is 6.20 Å². The SMILES string of the molecule is Cc1c(C(=O)N(C)C2CCCc3ccccc32)cnn1-c1ccccc1. The lowest BCUT2D eigenvalue weighted by Crippen LogP contribution is -2.33. The van der Waals surface area contributed by atoms with Crippen LogP contribution in [0.25, 0.3) is 5.69 Å². The third kappa shape index (κ3) is 2.81. The molecule has 1 aromatic heterocycles. The summed E-state index contributed by atoms with van der Waals surface area (Å²) in [4.78, 5) is 15.1. The number of hydrogen-bond donors (Lipinski definition) is 0. The first-order valence-electron chi connectivity index (χ1n) is 9.12. The molecule has 1 aliphatic carbocycles. The molecular weight excluding hydrogens is 322 g/mol. The zero-order chi connectivity index (χ0) is 18.1. The summed E-state index contributed by atoms with van der Waals surface area (Å²) < 4.78 is 1.83. The highest BCUT2D eigenvalue weighted by Gasteiger charge is 2.28. The molecule has 0 saturated carbocycles. The molecule has 4 rings (SSSR count). The molecule has 4 nitrogen and oxygen atoms in total. The van der Waals surface area contributed by atoms with Crippen LogP contribution in [0.3, 0.4) is 0 Å². The number of para-hydroxylation sites is 1. The Labute approximate surface area is 154 Å². The summed E-state index contributed by atoms with van der Waals surface area (Å²) >= 11 is 0. The highest BCUT2D eigenvalue weighted by molar-refractivity contribution is 5.95. The van der Waals surface area contributed by atoms with Crippen LogP contribution in [-0.4, -0.2) is 27.6 Å². The van der Waals surface area contributed by atoms with Gasteiger partial charge in [0.05, 0.1) is 29.2 Å². The van der Waals surface area contributed by atoms with Crippen LogP contribution in [0.2, 0.25) is 0 Å². The van der Waals surface area contributed by atoms with E-state index in [1.165, 1.54) is 11.1 Å². The van der Waals surface area contributed by atoms with Gasteiger partial charge in [0, 0.05) is 7.05 Å². The van der Waals surface area contributed by atoms with E-state index in [1.807, 2.05) is 53.9 Å². The van der Waals surface area contributed by atoms with Gasteiger partial charge in [-0.3, -0.25) is 4.79 Å². The van der Waals surface area contributed by atoms with Crippen LogP contribution in [0.5, 0.6) is 0 Å². The Balaban J connectivity index is 1.64. The van der Waals surface area contributed by atoms with Gasteiger partial charge >= 0.3 is 0 Å². The molecule has 1 heterocycles. The van der Waals surface area contributed by atoms with Gasteiger partial charge in [-0.1, -0.05) is 42.5 Å². The van der Waals surface area contributed by atoms with E-state index in [9.17, 15) is 4.79 Å². The Morgan fingerprint density at radius 1 is 1.12 bits per heavy atom. The van der Waals surface area contributed by atoms with Crippen LogP contribution >= 0.6 is 0 Å². The van der Waals surface area contributed by atoms with Crippen molar-refractivity contribution >= 4 is 5.91 Å². The molecule has 1 amide bonds. The van der Waals surface area contributed by atoms with E-state index in [2.05, 4.69) is 29.4 Å². The topological polar surface area (TPSA) is 38.1 Å². The summed E-state index contributed by atoms with van der Waals surface area (Å²) in [6.07, 6.45) is 4.91. The second-order valence-corrected chi connectivity index (χ2v) is 6.91. The van der Waals surface area contributed by atoms with Crippen LogP contribution in [0, 0.1) is 6.92 Å². The molecule has 0 N–H and O–H groups in total. The molecule has 0 bridgehead atoms. The van der Waals surface area contributed by atoms with Gasteiger partial charge in [-0.25, -0.2) is 4.68 Å². The monoisotopic (exact) mass is 345 g/mol. The van der Waals surface area contributed by atoms with E-state index in [0.717, 1.165) is 30.6 Å². The summed E-state index contributed by atoms with van der Waals surface area (Å²) in [6.45, 7) is 1.95. The summed E-state index contributed by atoms with van der Waals surface area (Å²) in [5, 5.41) is 4.45. The summed E-state index contributed by atoms with van der Waals surface area (Å²) in [7, 11) is 1.91. The Hall–Kier alpha value is -2.88. The maximum absolute atomic E-state index is 13.2. The minimum absolute atomic E-state index is 0.0337. The van der Waals surface area contributed by atoms with Gasteiger partial charge in [0.25, 0.3) is 5.91 Å². The van der Waals surface area contributed by atoms with Crippen LogP contribution in [0.4, 0.5) is 0 Å². The summed E-state index contributed by atoms with van der Waals surface area (Å²) in [5.41, 5.74) is 5.15. The van der Waals surface area contributed by atoms with Crippen LogP contribution < -0.4 is 0 Å². The first-order valence-corrected chi connectivity index (χ1v) is 9.12. The number of aromatic nitrogens is 2. The van der Waals surface area contributed by atoms with Gasteiger partial charge in [0.2, 0.25) is 0 Å². The maximum Gasteiger partial charge on any atom is 0.257 e. The van der Waals surface area contributed by atoms with Crippen LogP contribution in [-0.2, 0) is 6.42 Å². The second kappa shape index (κ2) is 6.79. The zero-order valence-corrected chi connectivity index (χ0v) is 15.2. The number of benzene rings is 2. The van der Waals surface area contributed by atoms with Crippen molar-refractivity contribution in [2.45, 2.75) is 32.2 Å². The van der Waals surface area contributed by atoms with Crippen molar-refractivity contribution in [1.29, 1.82) is 0 Å². The Morgan fingerprint density at radius 3 is 2.65 bits per heavy atom. The van der Waals surface area contributed by atoms with Gasteiger partial charge in [0.1, 0.15) is 0 Å². The van der Waals surface area contributed by atoms with Crippen LogP contribution in [0.1, 0.15) is 46.1 Å². The van der Waals surface area contributed by atoms with Crippen molar-refractivity contribution < 1.29 is 4.79 Å². The number of nitrogens with zero attached hydrogens (tertiary/aromatic N) is 3. The molecule has 0 spiro atoms. The number of amides is 1. The molecule has 0 saturated heterocycles. The number of aryl methyl sites for hydroxylation is 1. The van der Waals surface area contributed by atoms with Crippen molar-refractivity contribution in [2.75, 3.05) is 7.05 Å². The fourth-order valence-corrected chi connectivity index (χ4v) is 3.91. The van der Waals surface area contributed by atoms with E-state index in [4.69, 9.17) is 0 Å². The first kappa shape index (κ1) is 16.6. The van der Waals surface area contributed by atoms with E-state index in [-0.39, 0.29) is 11.9 Å². The van der Waals surface area contributed by atoms with Crippen molar-refractivity contribution in [1.82, 2.24) is 14.7 Å². The molecular formula is C22H23N3O. The molecule has 1 aliphatic rings. The number of carbonyl (C=O) groups excluding carboxylic acids is 1. The lowest BCUT2D eigenvalue weighted by Gasteiger charge is -2.33. The Morgan fingerprint density at radius 2 is 1.85 bits per heavy atom. The molecule has 3 aromatic rings. The smallest absolute Gasteiger partial charge is 0.257 e. The highest BCUT2D eigenvalue weighted by atomic mass is 16.2. The summed E-state index contributed by atoms with van der Waals surface area (Å²) in [6, 6.07) is 18.5. The molecule has 1 atom stereocenters. The van der Waals surface area contributed by atoms with E-state index < -0.39 is 0 Å². The third-order valence-corrected chi connectivity index (χ3v) is 5.37. The molecule has 4 heteroatoms. The quantitative estimate of drug-likeness (QED) is 0.708. The molecule has 1 unspecified atom stereocenters. The van der Waals surface area contributed by atoms with E-state index in [0.29, 0.717) is 5.56 Å². The molecule has 0 radical (unpaired) electrons. The Kier molecular flexibility index (Phi) is 4.33. The van der Waals surface area contributed by atoms with Crippen molar-refractivity contribution in [2.24, 2.45) is 0 Å². The maximum atomic E-state index is 13.2.